The van der Waals surface area contributed by atoms with Gasteiger partial charge in [-0.1, -0.05) is 13.0 Å². The highest BCUT2D eigenvalue weighted by molar-refractivity contribution is 5.78. The maximum absolute atomic E-state index is 12.6. The van der Waals surface area contributed by atoms with Crippen molar-refractivity contribution in [3.63, 3.8) is 0 Å². The first kappa shape index (κ1) is 19.2. The Morgan fingerprint density at radius 1 is 1.35 bits per heavy atom. The summed E-state index contributed by atoms with van der Waals surface area (Å²) < 4.78 is 42.8. The largest absolute Gasteiger partial charge is 0.491 e. The van der Waals surface area contributed by atoms with E-state index in [2.05, 4.69) is 10.6 Å². The van der Waals surface area contributed by atoms with E-state index in [4.69, 9.17) is 4.74 Å². The third kappa shape index (κ3) is 6.87. The summed E-state index contributed by atoms with van der Waals surface area (Å²) in [5.74, 6) is -0.470. The topological polar surface area (TPSA) is 70.6 Å². The standard InChI is InChI=1S/C15H21F3N2O3/c1-10(7-19-2)14(22)20-8-12(21)9-23-13-5-3-4-11(6-13)15(16,17)18/h3-6,10,12,19,21H,7-9H2,1-2H3,(H,20,22). The Bertz CT molecular complexity index is 509. The molecule has 23 heavy (non-hydrogen) atoms. The number of carbonyl (C=O) groups excluding carboxylic acids is 1. The van der Waals surface area contributed by atoms with Crippen molar-refractivity contribution in [2.45, 2.75) is 19.2 Å². The van der Waals surface area contributed by atoms with E-state index in [9.17, 15) is 23.1 Å². The highest BCUT2D eigenvalue weighted by Crippen LogP contribution is 2.31. The van der Waals surface area contributed by atoms with Crippen LogP contribution in [0.4, 0.5) is 13.2 Å². The molecule has 130 valence electrons. The molecule has 8 heteroatoms. The summed E-state index contributed by atoms with van der Waals surface area (Å²) >= 11 is 0. The summed E-state index contributed by atoms with van der Waals surface area (Å²) in [5, 5.41) is 15.1. The average Bonchev–Trinajstić information content (AvgIpc) is 2.50. The van der Waals surface area contributed by atoms with Crippen LogP contribution in [0.25, 0.3) is 0 Å². The smallest absolute Gasteiger partial charge is 0.416 e. The number of alkyl halides is 3. The molecular formula is C15H21F3N2O3. The van der Waals surface area contributed by atoms with Gasteiger partial charge in [-0.05, 0) is 25.2 Å². The molecule has 0 aliphatic rings. The molecule has 0 saturated carbocycles. The summed E-state index contributed by atoms with van der Waals surface area (Å²) in [6.07, 6.45) is -5.47. The van der Waals surface area contributed by atoms with Gasteiger partial charge in [0.1, 0.15) is 18.5 Å². The van der Waals surface area contributed by atoms with Crippen molar-refractivity contribution in [3.8, 4) is 5.75 Å². The van der Waals surface area contributed by atoms with Gasteiger partial charge in [-0.25, -0.2) is 0 Å². The number of hydrogen-bond donors (Lipinski definition) is 3. The number of carbonyl (C=O) groups is 1. The monoisotopic (exact) mass is 334 g/mol. The minimum atomic E-state index is -4.45. The Kier molecular flexibility index (Phi) is 7.31. The van der Waals surface area contributed by atoms with E-state index < -0.39 is 17.8 Å². The molecule has 1 amide bonds. The van der Waals surface area contributed by atoms with Crippen LogP contribution >= 0.6 is 0 Å². The van der Waals surface area contributed by atoms with Crippen molar-refractivity contribution >= 4 is 5.91 Å². The molecular weight excluding hydrogens is 313 g/mol. The molecule has 3 N–H and O–H groups in total. The van der Waals surface area contributed by atoms with E-state index in [1.165, 1.54) is 12.1 Å². The Morgan fingerprint density at radius 2 is 2.04 bits per heavy atom. The molecule has 1 aromatic rings. The van der Waals surface area contributed by atoms with Crippen LogP contribution < -0.4 is 15.4 Å². The summed E-state index contributed by atoms with van der Waals surface area (Å²) in [6, 6.07) is 4.40. The Morgan fingerprint density at radius 3 is 2.65 bits per heavy atom. The molecule has 1 aromatic carbocycles. The molecule has 5 nitrogen and oxygen atoms in total. The van der Waals surface area contributed by atoms with Gasteiger partial charge in [0.25, 0.3) is 0 Å². The number of aliphatic hydroxyl groups is 1. The highest BCUT2D eigenvalue weighted by atomic mass is 19.4. The zero-order chi connectivity index (χ0) is 17.5. The third-order valence-electron chi connectivity index (χ3n) is 3.07. The van der Waals surface area contributed by atoms with Crippen LogP contribution in [-0.2, 0) is 11.0 Å². The first-order valence-corrected chi connectivity index (χ1v) is 7.14. The van der Waals surface area contributed by atoms with E-state index in [0.717, 1.165) is 12.1 Å². The SMILES string of the molecule is CNCC(C)C(=O)NCC(O)COc1cccc(C(F)(F)F)c1. The minimum absolute atomic E-state index is 0.00810. The fourth-order valence-corrected chi connectivity index (χ4v) is 1.81. The van der Waals surface area contributed by atoms with Crippen molar-refractivity contribution in [1.29, 1.82) is 0 Å². The molecule has 0 spiro atoms. The van der Waals surface area contributed by atoms with Crippen LogP contribution in [0.2, 0.25) is 0 Å². The molecule has 0 bridgehead atoms. The molecule has 2 atom stereocenters. The van der Waals surface area contributed by atoms with E-state index >= 15 is 0 Å². The normalized spacial score (nSPS) is 14.2. The van der Waals surface area contributed by atoms with Gasteiger partial charge in [0.2, 0.25) is 5.91 Å². The van der Waals surface area contributed by atoms with Gasteiger partial charge in [0, 0.05) is 19.0 Å². The maximum Gasteiger partial charge on any atom is 0.416 e. The van der Waals surface area contributed by atoms with Gasteiger partial charge in [-0.3, -0.25) is 4.79 Å². The van der Waals surface area contributed by atoms with Gasteiger partial charge in [-0.2, -0.15) is 13.2 Å². The lowest BCUT2D eigenvalue weighted by Gasteiger charge is -2.16. The number of nitrogens with one attached hydrogen (secondary N) is 2. The lowest BCUT2D eigenvalue weighted by molar-refractivity contribution is -0.137. The van der Waals surface area contributed by atoms with Crippen LogP contribution in [0.15, 0.2) is 24.3 Å². The second-order valence-electron chi connectivity index (χ2n) is 5.19. The first-order valence-electron chi connectivity index (χ1n) is 7.14. The molecule has 0 heterocycles. The second kappa shape index (κ2) is 8.73. The highest BCUT2D eigenvalue weighted by Gasteiger charge is 2.30. The van der Waals surface area contributed by atoms with Crippen molar-refractivity contribution in [3.05, 3.63) is 29.8 Å². The van der Waals surface area contributed by atoms with Gasteiger partial charge in [-0.15, -0.1) is 0 Å². The van der Waals surface area contributed by atoms with Crippen LogP contribution in [0.1, 0.15) is 12.5 Å². The lowest BCUT2D eigenvalue weighted by Crippen LogP contribution is -2.40. The quantitative estimate of drug-likeness (QED) is 0.672. The fourth-order valence-electron chi connectivity index (χ4n) is 1.81. The van der Waals surface area contributed by atoms with Crippen LogP contribution in [0, 0.1) is 5.92 Å². The maximum atomic E-state index is 12.6. The van der Waals surface area contributed by atoms with Crippen molar-refractivity contribution in [2.75, 3.05) is 26.7 Å². The number of ether oxygens (including phenoxy) is 1. The summed E-state index contributed by atoms with van der Waals surface area (Å²) in [6.45, 7) is 1.98. The molecule has 0 aromatic heterocycles. The fraction of sp³-hybridized carbons (Fsp3) is 0.533. The van der Waals surface area contributed by atoms with E-state index in [1.54, 1.807) is 14.0 Å². The van der Waals surface area contributed by atoms with E-state index in [0.29, 0.717) is 6.54 Å². The predicted octanol–water partition coefficient (Wildman–Crippen LogP) is 1.42. The number of amides is 1. The zero-order valence-corrected chi connectivity index (χ0v) is 13.0. The van der Waals surface area contributed by atoms with Gasteiger partial charge in [0.05, 0.1) is 5.56 Å². The Balaban J connectivity index is 2.42. The van der Waals surface area contributed by atoms with Gasteiger partial charge in [0.15, 0.2) is 0 Å². The van der Waals surface area contributed by atoms with Crippen LogP contribution in [-0.4, -0.2) is 43.9 Å². The third-order valence-corrected chi connectivity index (χ3v) is 3.07. The minimum Gasteiger partial charge on any atom is -0.491 e. The first-order chi connectivity index (χ1) is 10.7. The number of benzene rings is 1. The lowest BCUT2D eigenvalue weighted by atomic mass is 10.1. The van der Waals surface area contributed by atoms with Crippen LogP contribution in [0.5, 0.6) is 5.75 Å². The number of rotatable bonds is 8. The van der Waals surface area contributed by atoms with Gasteiger partial charge < -0.3 is 20.5 Å². The number of hydrogen-bond acceptors (Lipinski definition) is 4. The molecule has 0 aliphatic heterocycles. The van der Waals surface area contributed by atoms with Crippen molar-refractivity contribution in [1.82, 2.24) is 10.6 Å². The average molecular weight is 334 g/mol. The molecule has 2 unspecified atom stereocenters. The molecule has 0 aliphatic carbocycles. The van der Waals surface area contributed by atoms with Crippen molar-refractivity contribution < 1.29 is 27.8 Å². The van der Waals surface area contributed by atoms with E-state index in [1.807, 2.05) is 0 Å². The Hall–Kier alpha value is -1.80. The van der Waals surface area contributed by atoms with E-state index in [-0.39, 0.29) is 30.7 Å². The zero-order valence-electron chi connectivity index (χ0n) is 13.0. The summed E-state index contributed by atoms with van der Waals surface area (Å²) in [7, 11) is 1.72. The second-order valence-corrected chi connectivity index (χ2v) is 5.19. The summed E-state index contributed by atoms with van der Waals surface area (Å²) in [5.41, 5.74) is -0.821. The van der Waals surface area contributed by atoms with Crippen LogP contribution in [0.3, 0.4) is 0 Å². The van der Waals surface area contributed by atoms with Crippen molar-refractivity contribution in [2.24, 2.45) is 5.92 Å². The molecule has 0 saturated heterocycles. The number of aliphatic hydroxyl groups excluding tert-OH is 1. The molecule has 0 radical (unpaired) electrons. The van der Waals surface area contributed by atoms with Gasteiger partial charge >= 0.3 is 6.18 Å². The predicted molar refractivity (Wildman–Crippen MR) is 79.0 cm³/mol. The molecule has 0 fully saturated rings. The Labute approximate surface area is 132 Å². The summed E-state index contributed by atoms with van der Waals surface area (Å²) in [4.78, 5) is 11.6. The number of halogens is 3. The molecule has 1 rings (SSSR count).